The molecule has 1 rings (SSSR count). The van der Waals surface area contributed by atoms with Crippen molar-refractivity contribution < 1.29 is 5.11 Å². The molecule has 1 fully saturated rings. The van der Waals surface area contributed by atoms with Crippen LogP contribution in [0.5, 0.6) is 0 Å². The molecule has 0 spiro atoms. The summed E-state index contributed by atoms with van der Waals surface area (Å²) in [6, 6.07) is 0.664. The van der Waals surface area contributed by atoms with E-state index in [1.165, 1.54) is 12.8 Å². The molecule has 1 aliphatic heterocycles. The van der Waals surface area contributed by atoms with Gasteiger partial charge in [0, 0.05) is 19.1 Å². The maximum Gasteiger partial charge on any atom is 0.0679 e. The topological polar surface area (TPSA) is 23.5 Å². The van der Waals surface area contributed by atoms with Gasteiger partial charge in [-0.1, -0.05) is 13.3 Å². The Balaban J connectivity index is 2.25. The number of likely N-dealkylation sites (tertiary alicyclic amines) is 1. The maximum absolute atomic E-state index is 9.28. The van der Waals surface area contributed by atoms with Gasteiger partial charge in [0.15, 0.2) is 0 Å². The van der Waals surface area contributed by atoms with Gasteiger partial charge < -0.3 is 5.11 Å². The molecule has 0 aliphatic carbocycles. The summed E-state index contributed by atoms with van der Waals surface area (Å²) in [7, 11) is 0. The first kappa shape index (κ1) is 9.01. The van der Waals surface area contributed by atoms with Crippen molar-refractivity contribution in [3.05, 3.63) is 0 Å². The van der Waals surface area contributed by atoms with Crippen LogP contribution in [0, 0.1) is 0 Å². The van der Waals surface area contributed by atoms with Crippen molar-refractivity contribution in [2.24, 2.45) is 0 Å². The molecule has 0 amide bonds. The van der Waals surface area contributed by atoms with E-state index in [1.54, 1.807) is 0 Å². The van der Waals surface area contributed by atoms with Gasteiger partial charge in [0.1, 0.15) is 0 Å². The van der Waals surface area contributed by atoms with Gasteiger partial charge in [-0.05, 0) is 19.8 Å². The quantitative estimate of drug-likeness (QED) is 0.666. The lowest BCUT2D eigenvalue weighted by molar-refractivity contribution is 0.160. The highest BCUT2D eigenvalue weighted by Gasteiger charge is 2.23. The van der Waals surface area contributed by atoms with Gasteiger partial charge in [0.25, 0.3) is 0 Å². The summed E-state index contributed by atoms with van der Waals surface area (Å²) in [5.74, 6) is 0. The fraction of sp³-hybridized carbons (Fsp3) is 1.00. The molecule has 2 unspecified atom stereocenters. The van der Waals surface area contributed by atoms with Crippen molar-refractivity contribution >= 4 is 0 Å². The summed E-state index contributed by atoms with van der Waals surface area (Å²) in [5, 5.41) is 9.28. The first-order valence-electron chi connectivity index (χ1n) is 4.66. The van der Waals surface area contributed by atoms with Gasteiger partial charge in [-0.15, -0.1) is 0 Å². The van der Waals surface area contributed by atoms with Crippen LogP contribution in [0.2, 0.25) is 0 Å². The van der Waals surface area contributed by atoms with E-state index in [4.69, 9.17) is 0 Å². The van der Waals surface area contributed by atoms with Crippen LogP contribution in [0.15, 0.2) is 0 Å². The van der Waals surface area contributed by atoms with Gasteiger partial charge in [-0.3, -0.25) is 4.90 Å². The Morgan fingerprint density at radius 1 is 1.64 bits per heavy atom. The van der Waals surface area contributed by atoms with E-state index in [2.05, 4.69) is 18.7 Å². The summed E-state index contributed by atoms with van der Waals surface area (Å²) < 4.78 is 0. The Kier molecular flexibility index (Phi) is 3.34. The van der Waals surface area contributed by atoms with Crippen molar-refractivity contribution in [2.75, 3.05) is 13.1 Å². The van der Waals surface area contributed by atoms with E-state index < -0.39 is 0 Å². The molecule has 2 nitrogen and oxygen atoms in total. The molecule has 0 radical (unpaired) electrons. The zero-order valence-corrected chi connectivity index (χ0v) is 7.58. The number of hydrogen-bond donors (Lipinski definition) is 1. The molecule has 0 aromatic heterocycles. The number of rotatable bonds is 3. The molecule has 1 aliphatic rings. The molecule has 11 heavy (non-hydrogen) atoms. The third-order valence-electron chi connectivity index (χ3n) is 2.52. The Hall–Kier alpha value is -0.0800. The lowest BCUT2D eigenvalue weighted by Crippen LogP contribution is -2.31. The predicted octanol–water partition coefficient (Wildman–Crippen LogP) is 1.24. The Morgan fingerprint density at radius 2 is 2.36 bits per heavy atom. The third-order valence-corrected chi connectivity index (χ3v) is 2.52. The average Bonchev–Trinajstić information content (AvgIpc) is 2.36. The van der Waals surface area contributed by atoms with Crippen LogP contribution in [0.3, 0.4) is 0 Å². The molecule has 0 aromatic rings. The molecule has 0 aromatic carbocycles. The summed E-state index contributed by atoms with van der Waals surface area (Å²) >= 11 is 0. The van der Waals surface area contributed by atoms with E-state index >= 15 is 0 Å². The lowest BCUT2D eigenvalue weighted by atomic mass is 10.2. The monoisotopic (exact) mass is 157 g/mol. The highest BCUT2D eigenvalue weighted by Crippen LogP contribution is 2.14. The molecule has 2 atom stereocenters. The van der Waals surface area contributed by atoms with Crippen molar-refractivity contribution in [1.29, 1.82) is 0 Å². The summed E-state index contributed by atoms with van der Waals surface area (Å²) in [6.07, 6.45) is 3.41. The lowest BCUT2D eigenvalue weighted by Gasteiger charge is -2.22. The zero-order chi connectivity index (χ0) is 8.27. The molecule has 2 heteroatoms. The summed E-state index contributed by atoms with van der Waals surface area (Å²) in [5.41, 5.74) is 0. The van der Waals surface area contributed by atoms with Gasteiger partial charge in [0.2, 0.25) is 0 Å². The number of hydrogen-bond acceptors (Lipinski definition) is 2. The standard InChI is InChI=1S/C9H19NO/c1-3-4-8(2)10-6-5-9(11)7-10/h8-9,11H,3-7H2,1-2H3. The first-order chi connectivity index (χ1) is 5.24. The second-order valence-electron chi connectivity index (χ2n) is 3.58. The fourth-order valence-corrected chi connectivity index (χ4v) is 1.77. The minimum absolute atomic E-state index is 0.0608. The van der Waals surface area contributed by atoms with Crippen LogP contribution >= 0.6 is 0 Å². The largest absolute Gasteiger partial charge is 0.392 e. The van der Waals surface area contributed by atoms with E-state index in [0.29, 0.717) is 6.04 Å². The van der Waals surface area contributed by atoms with Crippen molar-refractivity contribution in [3.8, 4) is 0 Å². The first-order valence-corrected chi connectivity index (χ1v) is 4.66. The number of aliphatic hydroxyl groups is 1. The number of aliphatic hydroxyl groups excluding tert-OH is 1. The number of β-amino-alcohol motifs (C(OH)–C–C–N with tert-alkyl or cyclic N) is 1. The van der Waals surface area contributed by atoms with Crippen LogP contribution < -0.4 is 0 Å². The van der Waals surface area contributed by atoms with Gasteiger partial charge >= 0.3 is 0 Å². The number of nitrogens with zero attached hydrogens (tertiary/aromatic N) is 1. The molecule has 0 bridgehead atoms. The van der Waals surface area contributed by atoms with Gasteiger partial charge in [-0.2, -0.15) is 0 Å². The van der Waals surface area contributed by atoms with E-state index in [1.807, 2.05) is 0 Å². The smallest absolute Gasteiger partial charge is 0.0679 e. The van der Waals surface area contributed by atoms with Crippen molar-refractivity contribution in [3.63, 3.8) is 0 Å². The molecule has 1 saturated heterocycles. The zero-order valence-electron chi connectivity index (χ0n) is 7.58. The highest BCUT2D eigenvalue weighted by molar-refractivity contribution is 4.78. The van der Waals surface area contributed by atoms with Crippen LogP contribution in [-0.4, -0.2) is 35.2 Å². The van der Waals surface area contributed by atoms with Gasteiger partial charge in [-0.25, -0.2) is 0 Å². The van der Waals surface area contributed by atoms with Crippen molar-refractivity contribution in [2.45, 2.75) is 45.3 Å². The van der Waals surface area contributed by atoms with Crippen LogP contribution in [-0.2, 0) is 0 Å². The van der Waals surface area contributed by atoms with E-state index in [0.717, 1.165) is 19.5 Å². The maximum atomic E-state index is 9.28. The third kappa shape index (κ3) is 2.46. The molecule has 0 saturated carbocycles. The van der Waals surface area contributed by atoms with Crippen LogP contribution in [0.25, 0.3) is 0 Å². The molecule has 66 valence electrons. The molecular formula is C9H19NO. The molecule has 1 N–H and O–H groups in total. The Bertz CT molecular complexity index is 116. The predicted molar refractivity (Wildman–Crippen MR) is 46.6 cm³/mol. The summed E-state index contributed by atoms with van der Waals surface area (Å²) in [6.45, 7) is 6.44. The Morgan fingerprint density at radius 3 is 2.82 bits per heavy atom. The molecular weight excluding hydrogens is 138 g/mol. The normalized spacial score (nSPS) is 29.2. The SMILES string of the molecule is CCCC(C)N1CCC(O)C1. The summed E-state index contributed by atoms with van der Waals surface area (Å²) in [4.78, 5) is 2.38. The van der Waals surface area contributed by atoms with Crippen LogP contribution in [0.1, 0.15) is 33.1 Å². The average molecular weight is 157 g/mol. The Labute approximate surface area is 69.2 Å². The van der Waals surface area contributed by atoms with Crippen LogP contribution in [0.4, 0.5) is 0 Å². The second kappa shape index (κ2) is 4.07. The molecule has 1 heterocycles. The fourth-order valence-electron chi connectivity index (χ4n) is 1.77. The van der Waals surface area contributed by atoms with Gasteiger partial charge in [0.05, 0.1) is 6.10 Å². The minimum Gasteiger partial charge on any atom is -0.392 e. The second-order valence-corrected chi connectivity index (χ2v) is 3.58. The van der Waals surface area contributed by atoms with E-state index in [9.17, 15) is 5.11 Å². The van der Waals surface area contributed by atoms with E-state index in [-0.39, 0.29) is 6.10 Å². The highest BCUT2D eigenvalue weighted by atomic mass is 16.3. The minimum atomic E-state index is -0.0608. The van der Waals surface area contributed by atoms with Crippen molar-refractivity contribution in [1.82, 2.24) is 4.90 Å².